The van der Waals surface area contributed by atoms with Gasteiger partial charge in [0.1, 0.15) is 0 Å². The van der Waals surface area contributed by atoms with Crippen LogP contribution < -0.4 is 5.73 Å². The van der Waals surface area contributed by atoms with Crippen LogP contribution in [0.2, 0.25) is 0 Å². The summed E-state index contributed by atoms with van der Waals surface area (Å²) in [6.45, 7) is 4.24. The van der Waals surface area contributed by atoms with Crippen molar-refractivity contribution in [1.29, 1.82) is 0 Å². The summed E-state index contributed by atoms with van der Waals surface area (Å²) in [5, 5.41) is 0. The van der Waals surface area contributed by atoms with E-state index in [1.165, 1.54) is 22.3 Å². The van der Waals surface area contributed by atoms with E-state index < -0.39 is 0 Å². The average Bonchev–Trinajstić information content (AvgIpc) is 2.23. The summed E-state index contributed by atoms with van der Waals surface area (Å²) in [5.74, 6) is 0. The van der Waals surface area contributed by atoms with Crippen LogP contribution in [0.5, 0.6) is 0 Å². The normalized spacial score (nSPS) is 10.3. The third kappa shape index (κ3) is 2.01. The van der Waals surface area contributed by atoms with Crippen LogP contribution in [0.15, 0.2) is 42.5 Å². The van der Waals surface area contributed by atoms with Gasteiger partial charge >= 0.3 is 0 Å². The van der Waals surface area contributed by atoms with Crippen molar-refractivity contribution in [2.75, 3.05) is 5.73 Å². The third-order valence-corrected chi connectivity index (χ3v) is 2.61. The maximum atomic E-state index is 5.67. The van der Waals surface area contributed by atoms with Crippen LogP contribution in [0.3, 0.4) is 0 Å². The first kappa shape index (κ1) is 9.78. The molecule has 0 aliphatic carbocycles. The fraction of sp³-hybridized carbons (Fsp3) is 0.143. The smallest absolute Gasteiger partial charge is 0.0314 e. The maximum absolute atomic E-state index is 5.67. The van der Waals surface area contributed by atoms with E-state index in [0.717, 1.165) is 5.69 Å². The van der Waals surface area contributed by atoms with Crippen LogP contribution in [-0.2, 0) is 0 Å². The van der Waals surface area contributed by atoms with Crippen molar-refractivity contribution in [2.45, 2.75) is 13.8 Å². The fourth-order valence-electron chi connectivity index (χ4n) is 1.71. The van der Waals surface area contributed by atoms with Crippen molar-refractivity contribution in [3.8, 4) is 11.1 Å². The van der Waals surface area contributed by atoms with Gasteiger partial charge in [0.15, 0.2) is 0 Å². The number of nitrogen functional groups attached to an aromatic ring is 1. The predicted molar refractivity (Wildman–Crippen MR) is 65.8 cm³/mol. The Balaban J connectivity index is 2.53. The van der Waals surface area contributed by atoms with E-state index in [-0.39, 0.29) is 0 Å². The van der Waals surface area contributed by atoms with Crippen molar-refractivity contribution >= 4 is 5.69 Å². The highest BCUT2D eigenvalue weighted by molar-refractivity contribution is 5.69. The number of nitrogens with two attached hydrogens (primary N) is 1. The second-order valence-electron chi connectivity index (χ2n) is 3.94. The molecule has 2 aromatic carbocycles. The molecular weight excluding hydrogens is 182 g/mol. The predicted octanol–water partition coefficient (Wildman–Crippen LogP) is 3.55. The first-order valence-corrected chi connectivity index (χ1v) is 5.10. The maximum Gasteiger partial charge on any atom is 0.0314 e. The Bertz CT molecular complexity index is 469. The second kappa shape index (κ2) is 3.77. The van der Waals surface area contributed by atoms with E-state index in [1.807, 2.05) is 12.1 Å². The second-order valence-corrected chi connectivity index (χ2v) is 3.94. The van der Waals surface area contributed by atoms with E-state index in [0.29, 0.717) is 0 Å². The molecular formula is C14H15N. The molecule has 0 bridgehead atoms. The standard InChI is InChI=1S/C14H15N/c1-10-3-4-11(2)14(9-10)12-5-7-13(15)8-6-12/h3-9H,15H2,1-2H3. The molecule has 0 saturated carbocycles. The van der Waals surface area contributed by atoms with E-state index in [2.05, 4.69) is 44.2 Å². The minimum Gasteiger partial charge on any atom is -0.399 e. The number of rotatable bonds is 1. The van der Waals surface area contributed by atoms with Crippen molar-refractivity contribution in [3.05, 3.63) is 53.6 Å². The van der Waals surface area contributed by atoms with E-state index in [9.17, 15) is 0 Å². The zero-order valence-electron chi connectivity index (χ0n) is 9.12. The van der Waals surface area contributed by atoms with Crippen molar-refractivity contribution < 1.29 is 0 Å². The number of benzene rings is 2. The molecule has 0 atom stereocenters. The van der Waals surface area contributed by atoms with Gasteiger partial charge in [-0.2, -0.15) is 0 Å². The molecule has 2 aromatic rings. The van der Waals surface area contributed by atoms with Crippen LogP contribution in [0, 0.1) is 13.8 Å². The lowest BCUT2D eigenvalue weighted by molar-refractivity contribution is 1.39. The summed E-state index contributed by atoms with van der Waals surface area (Å²) < 4.78 is 0. The SMILES string of the molecule is Cc1ccc(C)c(-c2ccc(N)cc2)c1. The van der Waals surface area contributed by atoms with Gasteiger partial charge in [-0.05, 0) is 42.7 Å². The van der Waals surface area contributed by atoms with Crippen LogP contribution >= 0.6 is 0 Å². The molecule has 0 saturated heterocycles. The Morgan fingerprint density at radius 1 is 0.867 bits per heavy atom. The average molecular weight is 197 g/mol. The molecule has 1 heteroatoms. The van der Waals surface area contributed by atoms with Crippen LogP contribution in [0.4, 0.5) is 5.69 Å². The molecule has 0 unspecified atom stereocenters. The highest BCUT2D eigenvalue weighted by Gasteiger charge is 2.01. The van der Waals surface area contributed by atoms with Crippen LogP contribution in [0.1, 0.15) is 11.1 Å². The largest absolute Gasteiger partial charge is 0.399 e. The van der Waals surface area contributed by atoms with Gasteiger partial charge < -0.3 is 5.73 Å². The number of aryl methyl sites for hydroxylation is 2. The lowest BCUT2D eigenvalue weighted by Gasteiger charge is -2.07. The molecule has 2 rings (SSSR count). The molecule has 0 heterocycles. The molecule has 0 radical (unpaired) electrons. The van der Waals surface area contributed by atoms with Gasteiger partial charge in [-0.15, -0.1) is 0 Å². The lowest BCUT2D eigenvalue weighted by Crippen LogP contribution is -1.87. The van der Waals surface area contributed by atoms with Gasteiger partial charge in [-0.25, -0.2) is 0 Å². The van der Waals surface area contributed by atoms with Crippen LogP contribution in [-0.4, -0.2) is 0 Å². The number of hydrogen-bond acceptors (Lipinski definition) is 1. The van der Waals surface area contributed by atoms with Crippen molar-refractivity contribution in [2.24, 2.45) is 0 Å². The Hall–Kier alpha value is -1.76. The van der Waals surface area contributed by atoms with Gasteiger partial charge in [0.05, 0.1) is 0 Å². The minimum atomic E-state index is 0.809. The molecule has 1 nitrogen and oxygen atoms in total. The van der Waals surface area contributed by atoms with E-state index >= 15 is 0 Å². The van der Waals surface area contributed by atoms with E-state index in [1.54, 1.807) is 0 Å². The number of anilines is 1. The van der Waals surface area contributed by atoms with Crippen LogP contribution in [0.25, 0.3) is 11.1 Å². The molecule has 0 aliphatic heterocycles. The van der Waals surface area contributed by atoms with Gasteiger partial charge in [0.2, 0.25) is 0 Å². The quantitative estimate of drug-likeness (QED) is 0.695. The number of hydrogen-bond donors (Lipinski definition) is 1. The summed E-state index contributed by atoms with van der Waals surface area (Å²) >= 11 is 0. The Morgan fingerprint density at radius 2 is 1.53 bits per heavy atom. The molecule has 0 aromatic heterocycles. The third-order valence-electron chi connectivity index (χ3n) is 2.61. The highest BCUT2D eigenvalue weighted by atomic mass is 14.5. The van der Waals surface area contributed by atoms with Gasteiger partial charge in [-0.3, -0.25) is 0 Å². The Labute approximate surface area is 90.6 Å². The molecule has 0 aliphatic rings. The highest BCUT2D eigenvalue weighted by Crippen LogP contribution is 2.25. The van der Waals surface area contributed by atoms with Gasteiger partial charge in [0, 0.05) is 5.69 Å². The molecule has 15 heavy (non-hydrogen) atoms. The topological polar surface area (TPSA) is 26.0 Å². The molecule has 2 N–H and O–H groups in total. The van der Waals surface area contributed by atoms with Crippen molar-refractivity contribution in [3.63, 3.8) is 0 Å². The first-order chi connectivity index (χ1) is 7.16. The summed E-state index contributed by atoms with van der Waals surface area (Å²) in [6, 6.07) is 14.5. The van der Waals surface area contributed by atoms with Crippen molar-refractivity contribution in [1.82, 2.24) is 0 Å². The molecule has 76 valence electrons. The summed E-state index contributed by atoms with van der Waals surface area (Å²) in [7, 11) is 0. The summed E-state index contributed by atoms with van der Waals surface area (Å²) in [4.78, 5) is 0. The minimum absolute atomic E-state index is 0.809. The monoisotopic (exact) mass is 197 g/mol. The first-order valence-electron chi connectivity index (χ1n) is 5.10. The Kier molecular flexibility index (Phi) is 2.46. The summed E-state index contributed by atoms with van der Waals surface area (Å²) in [6.07, 6.45) is 0. The zero-order valence-corrected chi connectivity index (χ0v) is 9.12. The van der Waals surface area contributed by atoms with Gasteiger partial charge in [0.25, 0.3) is 0 Å². The lowest BCUT2D eigenvalue weighted by atomic mass is 9.98. The van der Waals surface area contributed by atoms with E-state index in [4.69, 9.17) is 5.73 Å². The fourth-order valence-corrected chi connectivity index (χ4v) is 1.71. The molecule has 0 amide bonds. The zero-order chi connectivity index (χ0) is 10.8. The molecule has 0 spiro atoms. The molecule has 0 fully saturated rings. The van der Waals surface area contributed by atoms with Gasteiger partial charge in [-0.1, -0.05) is 35.9 Å². The summed E-state index contributed by atoms with van der Waals surface area (Å²) in [5.41, 5.74) is 11.6. The Morgan fingerprint density at radius 3 is 2.20 bits per heavy atom.